The summed E-state index contributed by atoms with van der Waals surface area (Å²) in [5.74, 6) is 0.0219. The molecule has 4 N–H and O–H groups in total. The summed E-state index contributed by atoms with van der Waals surface area (Å²) >= 11 is 0. The van der Waals surface area contributed by atoms with E-state index in [9.17, 15) is 13.2 Å². The lowest BCUT2D eigenvalue weighted by Gasteiger charge is -2.21. The maximum absolute atomic E-state index is 12.1. The standard InChI is InChI=1S/C10H12F3NO2/c11-10(12,13)9(16)8(14)5-6-1-3-7(15)4-2-6/h1-4,8-9,15-16H,5,14H2/t8-,9-/m0/s1. The lowest BCUT2D eigenvalue weighted by atomic mass is 10.0. The molecule has 0 radical (unpaired) electrons. The minimum atomic E-state index is -4.71. The Labute approximate surface area is 90.3 Å². The number of aromatic hydroxyl groups is 1. The van der Waals surface area contributed by atoms with E-state index in [-0.39, 0.29) is 12.2 Å². The Bertz CT molecular complexity index is 337. The van der Waals surface area contributed by atoms with Gasteiger partial charge in [-0.3, -0.25) is 0 Å². The van der Waals surface area contributed by atoms with Crippen LogP contribution in [-0.2, 0) is 6.42 Å². The van der Waals surface area contributed by atoms with Gasteiger partial charge in [0, 0.05) is 6.04 Å². The molecule has 1 aromatic carbocycles. The molecule has 0 unspecified atom stereocenters. The molecule has 0 spiro atoms. The van der Waals surface area contributed by atoms with Crippen molar-refractivity contribution in [2.45, 2.75) is 24.7 Å². The van der Waals surface area contributed by atoms with E-state index in [0.29, 0.717) is 5.56 Å². The Morgan fingerprint density at radius 3 is 2.12 bits per heavy atom. The van der Waals surface area contributed by atoms with Crippen LogP contribution < -0.4 is 5.73 Å². The predicted molar refractivity (Wildman–Crippen MR) is 51.8 cm³/mol. The second kappa shape index (κ2) is 4.71. The van der Waals surface area contributed by atoms with E-state index in [2.05, 4.69) is 0 Å². The zero-order chi connectivity index (χ0) is 12.3. The van der Waals surface area contributed by atoms with Crippen molar-refractivity contribution in [1.82, 2.24) is 0 Å². The topological polar surface area (TPSA) is 66.5 Å². The van der Waals surface area contributed by atoms with Crippen LogP contribution >= 0.6 is 0 Å². The van der Waals surface area contributed by atoms with E-state index < -0.39 is 18.3 Å². The van der Waals surface area contributed by atoms with E-state index in [1.165, 1.54) is 24.3 Å². The lowest BCUT2D eigenvalue weighted by molar-refractivity contribution is -0.209. The van der Waals surface area contributed by atoms with Gasteiger partial charge in [0.1, 0.15) is 5.75 Å². The number of phenolic OH excluding ortho intramolecular Hbond substituents is 1. The van der Waals surface area contributed by atoms with Gasteiger partial charge in [0.15, 0.2) is 6.10 Å². The molecule has 1 aromatic rings. The molecular weight excluding hydrogens is 223 g/mol. The van der Waals surface area contributed by atoms with Crippen LogP contribution in [0.4, 0.5) is 13.2 Å². The molecule has 0 saturated carbocycles. The average Bonchev–Trinajstić information content (AvgIpc) is 2.19. The van der Waals surface area contributed by atoms with Gasteiger partial charge in [-0.1, -0.05) is 12.1 Å². The van der Waals surface area contributed by atoms with E-state index in [0.717, 1.165) is 0 Å². The number of benzene rings is 1. The first-order chi connectivity index (χ1) is 7.30. The highest BCUT2D eigenvalue weighted by atomic mass is 19.4. The summed E-state index contributed by atoms with van der Waals surface area (Å²) in [5, 5.41) is 17.8. The molecule has 90 valence electrons. The molecule has 0 aliphatic heterocycles. The van der Waals surface area contributed by atoms with Crippen molar-refractivity contribution in [3.63, 3.8) is 0 Å². The van der Waals surface area contributed by atoms with Gasteiger partial charge in [-0.2, -0.15) is 13.2 Å². The fraction of sp³-hybridized carbons (Fsp3) is 0.400. The number of halogens is 3. The SMILES string of the molecule is N[C@@H](Cc1ccc(O)cc1)[C@H](O)C(F)(F)F. The van der Waals surface area contributed by atoms with Gasteiger partial charge in [0.05, 0.1) is 0 Å². The van der Waals surface area contributed by atoms with E-state index >= 15 is 0 Å². The summed E-state index contributed by atoms with van der Waals surface area (Å²) in [5.41, 5.74) is 5.76. The van der Waals surface area contributed by atoms with Crippen molar-refractivity contribution in [2.24, 2.45) is 5.73 Å². The molecule has 0 saturated heterocycles. The Morgan fingerprint density at radius 1 is 1.19 bits per heavy atom. The summed E-state index contributed by atoms with van der Waals surface area (Å²) in [6, 6.07) is 4.20. The Morgan fingerprint density at radius 2 is 1.69 bits per heavy atom. The second-order valence-electron chi connectivity index (χ2n) is 3.52. The maximum Gasteiger partial charge on any atom is 0.415 e. The number of aliphatic hydroxyl groups excluding tert-OH is 1. The molecule has 0 bridgehead atoms. The zero-order valence-electron chi connectivity index (χ0n) is 8.28. The number of hydrogen-bond acceptors (Lipinski definition) is 3. The summed E-state index contributed by atoms with van der Waals surface area (Å²) in [7, 11) is 0. The minimum absolute atomic E-state index is 0.0219. The summed E-state index contributed by atoms with van der Waals surface area (Å²) < 4.78 is 36.3. The summed E-state index contributed by atoms with van der Waals surface area (Å²) in [4.78, 5) is 0. The van der Waals surface area contributed by atoms with Gasteiger partial charge in [-0.25, -0.2) is 0 Å². The van der Waals surface area contributed by atoms with Crippen LogP contribution in [0.3, 0.4) is 0 Å². The first-order valence-corrected chi connectivity index (χ1v) is 4.59. The third-order valence-electron chi connectivity index (χ3n) is 2.15. The molecule has 0 aliphatic carbocycles. The van der Waals surface area contributed by atoms with E-state index in [1.54, 1.807) is 0 Å². The highest BCUT2D eigenvalue weighted by molar-refractivity contribution is 5.26. The maximum atomic E-state index is 12.1. The van der Waals surface area contributed by atoms with E-state index in [1.807, 2.05) is 0 Å². The quantitative estimate of drug-likeness (QED) is 0.737. The van der Waals surface area contributed by atoms with Gasteiger partial charge in [0.2, 0.25) is 0 Å². The Balaban J connectivity index is 2.64. The van der Waals surface area contributed by atoms with Crippen LogP contribution in [0, 0.1) is 0 Å². The van der Waals surface area contributed by atoms with Crippen molar-refractivity contribution in [1.29, 1.82) is 0 Å². The zero-order valence-corrected chi connectivity index (χ0v) is 8.28. The lowest BCUT2D eigenvalue weighted by Crippen LogP contribution is -2.46. The van der Waals surface area contributed by atoms with Crippen molar-refractivity contribution in [3.8, 4) is 5.75 Å². The van der Waals surface area contributed by atoms with Gasteiger partial charge in [0.25, 0.3) is 0 Å². The molecule has 1 rings (SSSR count). The summed E-state index contributed by atoms with van der Waals surface area (Å²) in [6.07, 6.45) is -7.36. The van der Waals surface area contributed by atoms with Crippen LogP contribution in [0.1, 0.15) is 5.56 Å². The highest BCUT2D eigenvalue weighted by Gasteiger charge is 2.41. The number of phenols is 1. The molecule has 0 aliphatic rings. The van der Waals surface area contributed by atoms with Crippen LogP contribution in [0.2, 0.25) is 0 Å². The number of aliphatic hydroxyl groups is 1. The molecule has 2 atom stereocenters. The second-order valence-corrected chi connectivity index (χ2v) is 3.52. The van der Waals surface area contributed by atoms with Gasteiger partial charge < -0.3 is 15.9 Å². The van der Waals surface area contributed by atoms with Crippen molar-refractivity contribution in [2.75, 3.05) is 0 Å². The van der Waals surface area contributed by atoms with Crippen LogP contribution in [0.15, 0.2) is 24.3 Å². The molecular formula is C10H12F3NO2. The third kappa shape index (κ3) is 3.39. The monoisotopic (exact) mass is 235 g/mol. The number of rotatable bonds is 3. The first kappa shape index (κ1) is 12.8. The van der Waals surface area contributed by atoms with Crippen LogP contribution in [0.25, 0.3) is 0 Å². The van der Waals surface area contributed by atoms with Crippen LogP contribution in [0.5, 0.6) is 5.75 Å². The first-order valence-electron chi connectivity index (χ1n) is 4.59. The highest BCUT2D eigenvalue weighted by Crippen LogP contribution is 2.23. The number of hydrogen-bond donors (Lipinski definition) is 3. The minimum Gasteiger partial charge on any atom is -0.508 e. The van der Waals surface area contributed by atoms with Crippen molar-refractivity contribution >= 4 is 0 Å². The van der Waals surface area contributed by atoms with Gasteiger partial charge in [-0.05, 0) is 24.1 Å². The van der Waals surface area contributed by atoms with Gasteiger partial charge >= 0.3 is 6.18 Å². The smallest absolute Gasteiger partial charge is 0.415 e. The Hall–Kier alpha value is -1.27. The fourth-order valence-corrected chi connectivity index (χ4v) is 1.26. The number of alkyl halides is 3. The third-order valence-corrected chi connectivity index (χ3v) is 2.15. The predicted octanol–water partition coefficient (Wildman–Crippen LogP) is 1.19. The summed E-state index contributed by atoms with van der Waals surface area (Å²) in [6.45, 7) is 0. The molecule has 16 heavy (non-hydrogen) atoms. The van der Waals surface area contributed by atoms with Crippen molar-refractivity contribution in [3.05, 3.63) is 29.8 Å². The molecule has 0 heterocycles. The molecule has 0 aromatic heterocycles. The molecule has 0 amide bonds. The van der Waals surface area contributed by atoms with Gasteiger partial charge in [-0.15, -0.1) is 0 Å². The molecule has 6 heteroatoms. The van der Waals surface area contributed by atoms with E-state index in [4.69, 9.17) is 15.9 Å². The van der Waals surface area contributed by atoms with Crippen LogP contribution in [-0.4, -0.2) is 28.5 Å². The molecule has 3 nitrogen and oxygen atoms in total. The fourth-order valence-electron chi connectivity index (χ4n) is 1.26. The molecule has 0 fully saturated rings. The van der Waals surface area contributed by atoms with Crippen molar-refractivity contribution < 1.29 is 23.4 Å². The Kier molecular flexibility index (Phi) is 3.77. The average molecular weight is 235 g/mol. The largest absolute Gasteiger partial charge is 0.508 e. The number of nitrogens with two attached hydrogens (primary N) is 1. The normalized spacial score (nSPS) is 15.8.